The van der Waals surface area contributed by atoms with E-state index in [0.29, 0.717) is 11.6 Å². The molecule has 2 bridgehead atoms. The van der Waals surface area contributed by atoms with Crippen molar-refractivity contribution < 1.29 is 19.4 Å². The number of ether oxygens (including phenoxy) is 1. The lowest BCUT2D eigenvalue weighted by atomic mass is 9.82. The fourth-order valence-electron chi connectivity index (χ4n) is 2.82. The Bertz CT molecular complexity index is 598. The number of nitrogens with one attached hydrogen (secondary N) is 1. The second-order valence-corrected chi connectivity index (χ2v) is 5.62. The Kier molecular flexibility index (Phi) is 3.69. The van der Waals surface area contributed by atoms with E-state index in [1.807, 2.05) is 12.1 Å². The lowest BCUT2D eigenvalue weighted by Gasteiger charge is -2.21. The Balaban J connectivity index is 1.66. The van der Waals surface area contributed by atoms with Crippen molar-refractivity contribution in [1.29, 1.82) is 0 Å². The smallest absolute Gasteiger partial charge is 0.310 e. The van der Waals surface area contributed by atoms with Gasteiger partial charge in [-0.25, -0.2) is 0 Å². The molecule has 1 amide bonds. The average Bonchev–Trinajstić information content (AvgIpc) is 3.06. The van der Waals surface area contributed by atoms with E-state index in [1.54, 1.807) is 24.3 Å². The summed E-state index contributed by atoms with van der Waals surface area (Å²) in [6.45, 7) is 0.333. The van der Waals surface area contributed by atoms with Crippen molar-refractivity contribution in [3.8, 4) is 0 Å². The van der Waals surface area contributed by atoms with Gasteiger partial charge in [0.2, 0.25) is 5.91 Å². The molecule has 1 fully saturated rings. The number of aliphatic carboxylic acids is 1. The maximum absolute atomic E-state index is 12.3. The van der Waals surface area contributed by atoms with Crippen LogP contribution in [0.2, 0.25) is 5.02 Å². The molecule has 1 saturated heterocycles. The van der Waals surface area contributed by atoms with E-state index in [2.05, 4.69) is 5.32 Å². The van der Waals surface area contributed by atoms with Crippen LogP contribution in [0.1, 0.15) is 5.56 Å². The number of benzene rings is 1. The van der Waals surface area contributed by atoms with Gasteiger partial charge in [0.15, 0.2) is 0 Å². The third-order valence-corrected chi connectivity index (χ3v) is 4.12. The summed E-state index contributed by atoms with van der Waals surface area (Å²) in [5, 5.41) is 12.7. The standard InChI is InChI=1S/C15H14ClNO4/c16-9-3-1-8(2-4-9)7-17-14(18)12-10-5-6-11(21-10)13(12)15(19)20/h1-6,10-13H,7H2,(H,17,18)(H,19,20)/t10-,11+,12+,13-/m1/s1. The first-order valence-electron chi connectivity index (χ1n) is 6.65. The monoisotopic (exact) mass is 307 g/mol. The molecule has 1 aromatic carbocycles. The number of carboxylic acid groups (broad SMARTS) is 1. The number of fused-ring (bicyclic) bond motifs is 2. The van der Waals surface area contributed by atoms with E-state index < -0.39 is 30.0 Å². The summed E-state index contributed by atoms with van der Waals surface area (Å²) in [5.74, 6) is -2.79. The van der Waals surface area contributed by atoms with Gasteiger partial charge in [-0.05, 0) is 17.7 Å². The van der Waals surface area contributed by atoms with Crippen LogP contribution >= 0.6 is 11.6 Å². The maximum atomic E-state index is 12.3. The van der Waals surface area contributed by atoms with Crippen molar-refractivity contribution in [2.75, 3.05) is 0 Å². The van der Waals surface area contributed by atoms with Gasteiger partial charge in [0, 0.05) is 11.6 Å². The number of amides is 1. The SMILES string of the molecule is O=C(NCc1ccc(Cl)cc1)[C@@H]1[C@H](C(=O)O)[C@@H]2C=C[C@H]1O2. The van der Waals surface area contributed by atoms with E-state index >= 15 is 0 Å². The van der Waals surface area contributed by atoms with Crippen LogP contribution in [0.5, 0.6) is 0 Å². The van der Waals surface area contributed by atoms with E-state index in [1.165, 1.54) is 0 Å². The first kappa shape index (κ1) is 14.1. The highest BCUT2D eigenvalue weighted by Gasteiger charge is 2.53. The van der Waals surface area contributed by atoms with Crippen LogP contribution in [0.15, 0.2) is 36.4 Å². The van der Waals surface area contributed by atoms with Crippen molar-refractivity contribution >= 4 is 23.5 Å². The highest BCUT2D eigenvalue weighted by molar-refractivity contribution is 6.30. The third-order valence-electron chi connectivity index (χ3n) is 3.87. The molecule has 5 nitrogen and oxygen atoms in total. The quantitative estimate of drug-likeness (QED) is 0.829. The lowest BCUT2D eigenvalue weighted by Crippen LogP contribution is -2.42. The zero-order chi connectivity index (χ0) is 15.0. The largest absolute Gasteiger partial charge is 0.481 e. The van der Waals surface area contributed by atoms with Gasteiger partial charge in [0.1, 0.15) is 5.92 Å². The molecule has 0 aromatic heterocycles. The van der Waals surface area contributed by atoms with Crippen molar-refractivity contribution in [3.63, 3.8) is 0 Å². The number of rotatable bonds is 4. The summed E-state index contributed by atoms with van der Waals surface area (Å²) in [4.78, 5) is 23.6. The van der Waals surface area contributed by atoms with Crippen LogP contribution in [0.4, 0.5) is 0 Å². The predicted molar refractivity (Wildman–Crippen MR) is 75.7 cm³/mol. The highest BCUT2D eigenvalue weighted by Crippen LogP contribution is 2.39. The molecule has 2 heterocycles. The molecule has 1 aromatic rings. The number of hydrogen-bond acceptors (Lipinski definition) is 3. The Morgan fingerprint density at radius 2 is 1.76 bits per heavy atom. The Morgan fingerprint density at radius 1 is 1.14 bits per heavy atom. The van der Waals surface area contributed by atoms with Crippen molar-refractivity contribution in [2.45, 2.75) is 18.8 Å². The minimum atomic E-state index is -1.00. The summed E-state index contributed by atoms with van der Waals surface area (Å²) >= 11 is 5.80. The molecule has 2 aliphatic rings. The molecule has 3 rings (SSSR count). The molecule has 2 aliphatic heterocycles. The molecular formula is C15H14ClNO4. The number of carbonyl (C=O) groups excluding carboxylic acids is 1. The van der Waals surface area contributed by atoms with Crippen LogP contribution in [-0.2, 0) is 20.9 Å². The Hall–Kier alpha value is -1.85. The average molecular weight is 308 g/mol. The Morgan fingerprint density at radius 3 is 2.38 bits per heavy atom. The summed E-state index contributed by atoms with van der Waals surface area (Å²) in [6, 6.07) is 7.11. The molecule has 6 heteroatoms. The normalized spacial score (nSPS) is 29.6. The van der Waals surface area contributed by atoms with Crippen LogP contribution < -0.4 is 5.32 Å². The molecule has 0 saturated carbocycles. The third kappa shape index (κ3) is 2.66. The van der Waals surface area contributed by atoms with Gasteiger partial charge < -0.3 is 15.2 Å². The molecule has 4 atom stereocenters. The minimum absolute atomic E-state index is 0.297. The number of carbonyl (C=O) groups is 2. The zero-order valence-electron chi connectivity index (χ0n) is 11.0. The number of halogens is 1. The number of hydrogen-bond donors (Lipinski definition) is 2. The second-order valence-electron chi connectivity index (χ2n) is 5.18. The molecular weight excluding hydrogens is 294 g/mol. The van der Waals surface area contributed by atoms with Crippen molar-refractivity contribution in [3.05, 3.63) is 47.0 Å². The lowest BCUT2D eigenvalue weighted by molar-refractivity contribution is -0.146. The van der Waals surface area contributed by atoms with Crippen molar-refractivity contribution in [2.24, 2.45) is 11.8 Å². The van der Waals surface area contributed by atoms with Gasteiger partial charge >= 0.3 is 5.97 Å². The second kappa shape index (κ2) is 5.50. The molecule has 21 heavy (non-hydrogen) atoms. The van der Waals surface area contributed by atoms with Crippen LogP contribution in [-0.4, -0.2) is 29.2 Å². The fraction of sp³-hybridized carbons (Fsp3) is 0.333. The summed E-state index contributed by atoms with van der Waals surface area (Å²) < 4.78 is 5.48. The van der Waals surface area contributed by atoms with E-state index in [0.717, 1.165) is 5.56 Å². The van der Waals surface area contributed by atoms with Gasteiger partial charge in [0.25, 0.3) is 0 Å². The first-order chi connectivity index (χ1) is 10.1. The highest BCUT2D eigenvalue weighted by atomic mass is 35.5. The maximum Gasteiger partial charge on any atom is 0.310 e. The minimum Gasteiger partial charge on any atom is -0.481 e. The van der Waals surface area contributed by atoms with E-state index in [4.69, 9.17) is 16.3 Å². The van der Waals surface area contributed by atoms with Gasteiger partial charge in [0.05, 0.1) is 18.1 Å². The summed E-state index contributed by atoms with van der Waals surface area (Å²) in [7, 11) is 0. The van der Waals surface area contributed by atoms with Gasteiger partial charge in [-0.1, -0.05) is 35.9 Å². The number of carboxylic acids is 1. The van der Waals surface area contributed by atoms with Crippen LogP contribution in [0.25, 0.3) is 0 Å². The van der Waals surface area contributed by atoms with E-state index in [-0.39, 0.29) is 5.91 Å². The Labute approximate surface area is 126 Å². The molecule has 2 N–H and O–H groups in total. The summed E-state index contributed by atoms with van der Waals surface area (Å²) in [5.41, 5.74) is 0.902. The van der Waals surface area contributed by atoms with Crippen LogP contribution in [0.3, 0.4) is 0 Å². The van der Waals surface area contributed by atoms with Gasteiger partial charge in [-0.3, -0.25) is 9.59 Å². The molecule has 0 unspecified atom stereocenters. The predicted octanol–water partition coefficient (Wildman–Crippen LogP) is 1.61. The summed E-state index contributed by atoms with van der Waals surface area (Å²) in [6.07, 6.45) is 2.53. The topological polar surface area (TPSA) is 75.6 Å². The molecule has 0 spiro atoms. The molecule has 0 radical (unpaired) electrons. The molecule has 110 valence electrons. The van der Waals surface area contributed by atoms with Gasteiger partial charge in [-0.2, -0.15) is 0 Å². The molecule has 0 aliphatic carbocycles. The fourth-order valence-corrected chi connectivity index (χ4v) is 2.95. The van der Waals surface area contributed by atoms with E-state index in [9.17, 15) is 14.7 Å². The van der Waals surface area contributed by atoms with Crippen LogP contribution in [0, 0.1) is 11.8 Å². The van der Waals surface area contributed by atoms with Crippen molar-refractivity contribution in [1.82, 2.24) is 5.32 Å². The first-order valence-corrected chi connectivity index (χ1v) is 7.03. The zero-order valence-corrected chi connectivity index (χ0v) is 11.8. The van der Waals surface area contributed by atoms with Gasteiger partial charge in [-0.15, -0.1) is 0 Å².